The average Bonchev–Trinajstić information content (AvgIpc) is 2.82. The smallest absolute Gasteiger partial charge is 0.226 e. The number of amides is 1. The van der Waals surface area contributed by atoms with Crippen molar-refractivity contribution < 1.29 is 9.59 Å². The molecule has 0 bridgehead atoms. The topological polar surface area (TPSA) is 40.6 Å². The van der Waals surface area contributed by atoms with E-state index in [-0.39, 0.29) is 23.1 Å². The lowest BCUT2D eigenvalue weighted by molar-refractivity contribution is -0.121. The van der Waals surface area contributed by atoms with Crippen molar-refractivity contribution in [3.05, 3.63) is 71.8 Å². The molecule has 1 aliphatic rings. The number of carbonyl (C=O) groups excluding carboxylic acids is 2. The zero-order valence-electron chi connectivity index (χ0n) is 20.6. The Morgan fingerprint density at radius 2 is 1.64 bits per heavy atom. The molecule has 33 heavy (non-hydrogen) atoms. The first-order chi connectivity index (χ1) is 15.8. The third-order valence-electron chi connectivity index (χ3n) is 6.39. The summed E-state index contributed by atoms with van der Waals surface area (Å²) in [7, 11) is 0. The van der Waals surface area contributed by atoms with E-state index < -0.39 is 0 Å². The van der Waals surface area contributed by atoms with E-state index in [4.69, 9.17) is 0 Å². The second kappa shape index (κ2) is 11.4. The lowest BCUT2D eigenvalue weighted by Crippen LogP contribution is -2.47. The van der Waals surface area contributed by atoms with E-state index in [1.54, 1.807) is 6.08 Å². The van der Waals surface area contributed by atoms with Crippen molar-refractivity contribution >= 4 is 23.5 Å². The van der Waals surface area contributed by atoms with Gasteiger partial charge in [0.05, 0.1) is 0 Å². The fourth-order valence-corrected chi connectivity index (χ4v) is 4.22. The molecule has 4 heteroatoms. The van der Waals surface area contributed by atoms with Gasteiger partial charge in [-0.15, -0.1) is 0 Å². The van der Waals surface area contributed by atoms with Gasteiger partial charge in [0.2, 0.25) is 5.91 Å². The molecule has 1 heterocycles. The van der Waals surface area contributed by atoms with Crippen LogP contribution in [0.2, 0.25) is 0 Å². The summed E-state index contributed by atoms with van der Waals surface area (Å²) < 4.78 is 0. The number of likely N-dealkylation sites (tertiary alicyclic amines) is 1. The highest BCUT2D eigenvalue weighted by molar-refractivity contribution is 5.97. The maximum atomic E-state index is 12.7. The lowest BCUT2D eigenvalue weighted by atomic mass is 9.90. The summed E-state index contributed by atoms with van der Waals surface area (Å²) in [6, 6.07) is 18.8. The largest absolute Gasteiger partial charge is 0.309 e. The second-order valence-corrected chi connectivity index (χ2v) is 9.96. The van der Waals surface area contributed by atoms with E-state index in [1.807, 2.05) is 69.0 Å². The number of para-hydroxylation sites is 1. The van der Waals surface area contributed by atoms with Gasteiger partial charge in [-0.3, -0.25) is 9.59 Å². The highest BCUT2D eigenvalue weighted by Crippen LogP contribution is 2.25. The summed E-state index contributed by atoms with van der Waals surface area (Å²) in [5.41, 5.74) is 3.04. The molecule has 0 spiro atoms. The molecule has 1 saturated heterocycles. The molecule has 0 atom stereocenters. The molecule has 1 aliphatic heterocycles. The SMILES string of the molecule is CCC(=O)N(c1ccccc1)C1CCN(CCc2ccc(/C=C/C(=O)C(C)(C)C)cc2)CC1. The van der Waals surface area contributed by atoms with E-state index >= 15 is 0 Å². The minimum atomic E-state index is -0.341. The van der Waals surface area contributed by atoms with E-state index in [0.717, 1.165) is 50.1 Å². The Kier molecular flexibility index (Phi) is 8.62. The third-order valence-corrected chi connectivity index (χ3v) is 6.39. The lowest BCUT2D eigenvalue weighted by Gasteiger charge is -2.38. The highest BCUT2D eigenvalue weighted by Gasteiger charge is 2.28. The number of nitrogens with zero attached hydrogens (tertiary/aromatic N) is 2. The van der Waals surface area contributed by atoms with E-state index in [0.29, 0.717) is 6.42 Å². The molecular formula is C29H38N2O2. The zero-order valence-corrected chi connectivity index (χ0v) is 20.6. The maximum Gasteiger partial charge on any atom is 0.226 e. The summed E-state index contributed by atoms with van der Waals surface area (Å²) in [4.78, 5) is 29.2. The van der Waals surface area contributed by atoms with Crippen LogP contribution in [0.1, 0.15) is 58.1 Å². The number of benzene rings is 2. The average molecular weight is 447 g/mol. The maximum absolute atomic E-state index is 12.7. The van der Waals surface area contributed by atoms with Crippen LogP contribution in [-0.4, -0.2) is 42.3 Å². The summed E-state index contributed by atoms with van der Waals surface area (Å²) in [6.45, 7) is 10.8. The van der Waals surface area contributed by atoms with Gasteiger partial charge in [-0.2, -0.15) is 0 Å². The number of piperidine rings is 1. The number of carbonyl (C=O) groups is 2. The second-order valence-electron chi connectivity index (χ2n) is 9.96. The van der Waals surface area contributed by atoms with Crippen LogP contribution in [-0.2, 0) is 16.0 Å². The Balaban J connectivity index is 1.50. The Morgan fingerprint density at radius 1 is 1.00 bits per heavy atom. The highest BCUT2D eigenvalue weighted by atomic mass is 16.2. The summed E-state index contributed by atoms with van der Waals surface area (Å²) in [5.74, 6) is 0.347. The van der Waals surface area contributed by atoms with E-state index in [9.17, 15) is 9.59 Å². The molecule has 0 saturated carbocycles. The van der Waals surface area contributed by atoms with Gasteiger partial charge >= 0.3 is 0 Å². The van der Waals surface area contributed by atoms with Crippen LogP contribution in [0.25, 0.3) is 6.08 Å². The zero-order chi connectivity index (χ0) is 23.8. The molecule has 176 valence electrons. The van der Waals surface area contributed by atoms with Crippen molar-refractivity contribution in [2.24, 2.45) is 5.41 Å². The number of ketones is 1. The number of allylic oxidation sites excluding steroid dienone is 1. The molecule has 1 amide bonds. The standard InChI is InChI=1S/C29H38N2O2/c1-5-28(33)31(25-9-7-6-8-10-25)26-18-21-30(22-19-26)20-17-24-13-11-23(12-14-24)15-16-27(32)29(2,3)4/h6-16,26H,5,17-22H2,1-4H3/b16-15+. The number of hydrogen-bond donors (Lipinski definition) is 0. The number of hydrogen-bond acceptors (Lipinski definition) is 3. The van der Waals surface area contributed by atoms with E-state index in [2.05, 4.69) is 29.2 Å². The van der Waals surface area contributed by atoms with Crippen molar-refractivity contribution in [1.29, 1.82) is 0 Å². The van der Waals surface area contributed by atoms with Crippen LogP contribution in [0.15, 0.2) is 60.7 Å². The molecule has 0 N–H and O–H groups in total. The van der Waals surface area contributed by atoms with Gasteiger partial charge in [-0.1, -0.05) is 76.2 Å². The summed E-state index contributed by atoms with van der Waals surface area (Å²) in [5, 5.41) is 0. The molecule has 0 aliphatic carbocycles. The molecule has 2 aromatic rings. The molecule has 0 radical (unpaired) electrons. The Hall–Kier alpha value is -2.72. The van der Waals surface area contributed by atoms with Gasteiger partial charge in [0.1, 0.15) is 0 Å². The molecule has 3 rings (SSSR count). The molecular weight excluding hydrogens is 408 g/mol. The Bertz CT molecular complexity index is 934. The van der Waals surface area contributed by atoms with Crippen molar-refractivity contribution in [3.63, 3.8) is 0 Å². The van der Waals surface area contributed by atoms with Gasteiger partial charge in [-0.05, 0) is 48.6 Å². The van der Waals surface area contributed by atoms with Crippen LogP contribution in [0.5, 0.6) is 0 Å². The normalized spacial score (nSPS) is 15.6. The summed E-state index contributed by atoms with van der Waals surface area (Å²) >= 11 is 0. The van der Waals surface area contributed by atoms with Gasteiger partial charge in [-0.25, -0.2) is 0 Å². The molecule has 4 nitrogen and oxygen atoms in total. The molecule has 2 aromatic carbocycles. The predicted molar refractivity (Wildman–Crippen MR) is 137 cm³/mol. The van der Waals surface area contributed by atoms with Crippen molar-refractivity contribution in [3.8, 4) is 0 Å². The predicted octanol–water partition coefficient (Wildman–Crippen LogP) is 5.77. The van der Waals surface area contributed by atoms with Crippen molar-refractivity contribution in [2.45, 2.75) is 59.4 Å². The van der Waals surface area contributed by atoms with Crippen LogP contribution < -0.4 is 4.90 Å². The van der Waals surface area contributed by atoms with Gasteiger partial charge in [0.25, 0.3) is 0 Å². The number of anilines is 1. The van der Waals surface area contributed by atoms with Gasteiger partial charge < -0.3 is 9.80 Å². The molecule has 0 unspecified atom stereocenters. The van der Waals surface area contributed by atoms with Crippen LogP contribution >= 0.6 is 0 Å². The minimum Gasteiger partial charge on any atom is -0.309 e. The first-order valence-corrected chi connectivity index (χ1v) is 12.2. The minimum absolute atomic E-state index is 0.140. The first-order valence-electron chi connectivity index (χ1n) is 12.2. The fourth-order valence-electron chi connectivity index (χ4n) is 4.22. The van der Waals surface area contributed by atoms with E-state index in [1.165, 1.54) is 5.56 Å². The summed E-state index contributed by atoms with van der Waals surface area (Å²) in [6.07, 6.45) is 7.13. The Morgan fingerprint density at radius 3 is 2.21 bits per heavy atom. The monoisotopic (exact) mass is 446 g/mol. The van der Waals surface area contributed by atoms with Crippen LogP contribution in [0, 0.1) is 5.41 Å². The quantitative estimate of drug-likeness (QED) is 0.484. The van der Waals surface area contributed by atoms with Crippen LogP contribution in [0.4, 0.5) is 5.69 Å². The first kappa shape index (κ1) is 24.9. The van der Waals surface area contributed by atoms with Crippen LogP contribution in [0.3, 0.4) is 0 Å². The molecule has 1 fully saturated rings. The number of rotatable bonds is 8. The fraction of sp³-hybridized carbons (Fsp3) is 0.448. The van der Waals surface area contributed by atoms with Crippen molar-refractivity contribution in [1.82, 2.24) is 4.90 Å². The molecule has 0 aromatic heterocycles. The van der Waals surface area contributed by atoms with Gasteiger partial charge in [0.15, 0.2) is 5.78 Å². The third kappa shape index (κ3) is 7.13. The van der Waals surface area contributed by atoms with Gasteiger partial charge in [0, 0.05) is 43.2 Å². The Labute approximate surface area is 199 Å². The van der Waals surface area contributed by atoms with Crippen molar-refractivity contribution in [2.75, 3.05) is 24.5 Å².